The van der Waals surface area contributed by atoms with Gasteiger partial charge in [-0.15, -0.1) is 10.2 Å². The van der Waals surface area contributed by atoms with Gasteiger partial charge in [0.2, 0.25) is 5.78 Å². The van der Waals surface area contributed by atoms with Crippen molar-refractivity contribution in [3.05, 3.63) is 93.8 Å². The van der Waals surface area contributed by atoms with E-state index in [-0.39, 0.29) is 5.56 Å². The quantitative estimate of drug-likeness (QED) is 0.266. The Labute approximate surface area is 200 Å². The van der Waals surface area contributed by atoms with Crippen LogP contribution in [0.15, 0.2) is 76.7 Å². The van der Waals surface area contributed by atoms with Crippen molar-refractivity contribution in [2.75, 3.05) is 12.4 Å². The van der Waals surface area contributed by atoms with Gasteiger partial charge >= 0.3 is 0 Å². The zero-order valence-corrected chi connectivity index (χ0v) is 19.5. The Morgan fingerprint density at radius 3 is 2.44 bits per heavy atom. The van der Waals surface area contributed by atoms with Crippen LogP contribution in [0.25, 0.3) is 22.4 Å². The predicted octanol–water partition coefficient (Wildman–Crippen LogP) is 4.69. The van der Waals surface area contributed by atoms with Gasteiger partial charge in [-0.3, -0.25) is 9.20 Å². The van der Waals surface area contributed by atoms with Crippen LogP contribution >= 0.6 is 11.8 Å². The fraction of sp³-hybridized carbons (Fsp3) is 0.154. The molecule has 0 N–H and O–H groups in total. The highest BCUT2D eigenvalue weighted by molar-refractivity contribution is 7.99. The Bertz CT molecular complexity index is 1590. The molecule has 0 aliphatic rings. The molecule has 0 bridgehead atoms. The van der Waals surface area contributed by atoms with E-state index in [0.717, 1.165) is 22.3 Å². The maximum absolute atomic E-state index is 13.6. The van der Waals surface area contributed by atoms with E-state index in [0.29, 0.717) is 40.0 Å². The van der Waals surface area contributed by atoms with Crippen molar-refractivity contribution in [3.8, 4) is 17.5 Å². The molecule has 0 saturated carbocycles. The molecule has 7 nitrogen and oxygen atoms in total. The van der Waals surface area contributed by atoms with E-state index in [1.54, 1.807) is 28.8 Å². The lowest BCUT2D eigenvalue weighted by molar-refractivity contribution is 0.344. The fourth-order valence-electron chi connectivity index (χ4n) is 4.05. The van der Waals surface area contributed by atoms with Crippen molar-refractivity contribution < 1.29 is 4.74 Å². The minimum atomic E-state index is -0.117. The molecule has 0 atom stereocenters. The normalized spacial score (nSPS) is 11.1. The Morgan fingerprint density at radius 2 is 1.71 bits per heavy atom. The summed E-state index contributed by atoms with van der Waals surface area (Å²) in [7, 11) is 0. The molecule has 2 heterocycles. The smallest absolute Gasteiger partial charge is 0.267 e. The van der Waals surface area contributed by atoms with Crippen molar-refractivity contribution in [2.45, 2.75) is 19.0 Å². The van der Waals surface area contributed by atoms with Crippen LogP contribution < -0.4 is 10.3 Å². The maximum atomic E-state index is 13.6. The second-order valence-electron chi connectivity index (χ2n) is 7.85. The monoisotopic (exact) mass is 467 g/mol. The molecule has 5 aromatic rings. The van der Waals surface area contributed by atoms with Gasteiger partial charge in [-0.05, 0) is 61.4 Å². The molecule has 8 heteroatoms. The molecule has 0 aliphatic heterocycles. The number of fused-ring (bicyclic) bond motifs is 3. The van der Waals surface area contributed by atoms with Crippen LogP contribution in [0.3, 0.4) is 0 Å². The number of ether oxygens (including phenoxy) is 1. The van der Waals surface area contributed by atoms with Gasteiger partial charge in [0.15, 0.2) is 5.16 Å². The van der Waals surface area contributed by atoms with Gasteiger partial charge in [-0.25, -0.2) is 4.57 Å². The van der Waals surface area contributed by atoms with Gasteiger partial charge in [0, 0.05) is 5.75 Å². The third kappa shape index (κ3) is 3.80. The summed E-state index contributed by atoms with van der Waals surface area (Å²) >= 11 is 1.51. The van der Waals surface area contributed by atoms with Crippen molar-refractivity contribution in [1.82, 2.24) is 19.2 Å². The SMILES string of the molecule is Cc1cccc(C)c1-n1c(=O)c2ccccc2n2c(SCCOc3ccc(C#N)cc3)nnc12. The average molecular weight is 468 g/mol. The summed E-state index contributed by atoms with van der Waals surface area (Å²) < 4.78 is 9.41. The molecular formula is C26H21N5O2S. The van der Waals surface area contributed by atoms with Crippen LogP contribution in [-0.4, -0.2) is 31.5 Å². The van der Waals surface area contributed by atoms with Gasteiger partial charge in [-0.2, -0.15) is 5.26 Å². The standard InChI is InChI=1S/C26H21N5O2S/c1-17-6-5-7-18(2)23(17)31-24(32)21-8-3-4-9-22(21)30-25(31)28-29-26(30)34-15-14-33-20-12-10-19(16-27)11-13-20/h3-13H,14-15H2,1-2H3. The summed E-state index contributed by atoms with van der Waals surface area (Å²) in [6.07, 6.45) is 0. The first-order valence-corrected chi connectivity index (χ1v) is 11.8. The second kappa shape index (κ2) is 9.04. The number of thioether (sulfide) groups is 1. The van der Waals surface area contributed by atoms with E-state index in [4.69, 9.17) is 10.00 Å². The predicted molar refractivity (Wildman–Crippen MR) is 133 cm³/mol. The first-order chi connectivity index (χ1) is 16.6. The van der Waals surface area contributed by atoms with Crippen LogP contribution in [-0.2, 0) is 0 Å². The third-order valence-corrected chi connectivity index (χ3v) is 6.52. The van der Waals surface area contributed by atoms with Crippen molar-refractivity contribution >= 4 is 28.4 Å². The molecule has 0 unspecified atom stereocenters. The first kappa shape index (κ1) is 21.7. The van der Waals surface area contributed by atoms with Crippen LogP contribution in [0.5, 0.6) is 5.75 Å². The van der Waals surface area contributed by atoms with Gasteiger partial charge in [0.05, 0.1) is 34.8 Å². The van der Waals surface area contributed by atoms with Gasteiger partial charge < -0.3 is 4.74 Å². The Hall–Kier alpha value is -4.09. The number of nitrogens with zero attached hydrogens (tertiary/aromatic N) is 5. The number of para-hydroxylation sites is 2. The number of aromatic nitrogens is 4. The maximum Gasteiger partial charge on any atom is 0.267 e. The molecular weight excluding hydrogens is 446 g/mol. The van der Waals surface area contributed by atoms with E-state index in [9.17, 15) is 4.79 Å². The topological polar surface area (TPSA) is 85.2 Å². The van der Waals surface area contributed by atoms with Gasteiger partial charge in [0.1, 0.15) is 5.75 Å². The number of benzene rings is 3. The minimum Gasteiger partial charge on any atom is -0.493 e. The Morgan fingerprint density at radius 1 is 0.971 bits per heavy atom. The van der Waals surface area contributed by atoms with E-state index in [2.05, 4.69) is 16.3 Å². The van der Waals surface area contributed by atoms with Crippen molar-refractivity contribution in [2.24, 2.45) is 0 Å². The molecule has 3 aromatic carbocycles. The molecule has 168 valence electrons. The third-order valence-electron chi connectivity index (χ3n) is 5.62. The minimum absolute atomic E-state index is 0.117. The Balaban J connectivity index is 1.52. The number of hydrogen-bond acceptors (Lipinski definition) is 6. The van der Waals surface area contributed by atoms with E-state index >= 15 is 0 Å². The largest absolute Gasteiger partial charge is 0.493 e. The lowest BCUT2D eigenvalue weighted by Crippen LogP contribution is -2.23. The zero-order chi connectivity index (χ0) is 23.7. The number of rotatable bonds is 6. The second-order valence-corrected chi connectivity index (χ2v) is 8.91. The number of nitriles is 1. The van der Waals surface area contributed by atoms with Gasteiger partial charge in [0.25, 0.3) is 5.56 Å². The molecule has 0 aliphatic carbocycles. The molecule has 0 spiro atoms. The summed E-state index contributed by atoms with van der Waals surface area (Å²) in [5, 5.41) is 19.1. The van der Waals surface area contributed by atoms with Crippen LogP contribution in [0.2, 0.25) is 0 Å². The summed E-state index contributed by atoms with van der Waals surface area (Å²) in [6.45, 7) is 4.44. The van der Waals surface area contributed by atoms with Crippen molar-refractivity contribution in [3.63, 3.8) is 0 Å². The van der Waals surface area contributed by atoms with Gasteiger partial charge in [-0.1, -0.05) is 42.1 Å². The highest BCUT2D eigenvalue weighted by atomic mass is 32.2. The van der Waals surface area contributed by atoms with E-state index in [1.807, 2.05) is 60.7 Å². The zero-order valence-electron chi connectivity index (χ0n) is 18.7. The van der Waals surface area contributed by atoms with Crippen LogP contribution in [0.1, 0.15) is 16.7 Å². The summed E-state index contributed by atoms with van der Waals surface area (Å²) in [5.74, 6) is 1.83. The lowest BCUT2D eigenvalue weighted by Gasteiger charge is -2.15. The van der Waals surface area contributed by atoms with E-state index in [1.165, 1.54) is 11.8 Å². The van der Waals surface area contributed by atoms with Crippen LogP contribution in [0, 0.1) is 25.2 Å². The molecule has 5 rings (SSSR count). The van der Waals surface area contributed by atoms with Crippen LogP contribution in [0.4, 0.5) is 0 Å². The summed E-state index contributed by atoms with van der Waals surface area (Å²) in [4.78, 5) is 13.6. The summed E-state index contributed by atoms with van der Waals surface area (Å²) in [5.41, 5.74) is 4.06. The fourth-order valence-corrected chi connectivity index (χ4v) is 4.81. The Kier molecular flexibility index (Phi) is 5.78. The molecule has 0 saturated heterocycles. The summed E-state index contributed by atoms with van der Waals surface area (Å²) in [6, 6.07) is 22.6. The van der Waals surface area contributed by atoms with Crippen molar-refractivity contribution in [1.29, 1.82) is 5.26 Å². The lowest BCUT2D eigenvalue weighted by atomic mass is 10.1. The highest BCUT2D eigenvalue weighted by Gasteiger charge is 2.19. The average Bonchev–Trinajstić information content (AvgIpc) is 3.28. The highest BCUT2D eigenvalue weighted by Crippen LogP contribution is 2.25. The number of aryl methyl sites for hydroxylation is 2. The number of hydrogen-bond donors (Lipinski definition) is 0. The molecule has 2 aromatic heterocycles. The molecule has 0 amide bonds. The first-order valence-electron chi connectivity index (χ1n) is 10.8. The molecule has 0 radical (unpaired) electrons. The van der Waals surface area contributed by atoms with E-state index < -0.39 is 0 Å². The molecule has 0 fully saturated rings. The molecule has 34 heavy (non-hydrogen) atoms.